The number of anilines is 1. The number of aryl methyl sites for hydroxylation is 1. The molecule has 2 rings (SSSR count). The molecule has 2 aromatic carbocycles. The van der Waals surface area contributed by atoms with Crippen LogP contribution >= 0.6 is 34.8 Å². The fraction of sp³-hybridized carbons (Fsp3) is 0.125. The monoisotopic (exact) mass is 370 g/mol. The lowest BCUT2D eigenvalue weighted by molar-refractivity contribution is -0.115. The predicted octanol–water partition coefficient (Wildman–Crippen LogP) is 4.32. The van der Waals surface area contributed by atoms with Crippen molar-refractivity contribution in [2.45, 2.75) is 6.92 Å². The van der Waals surface area contributed by atoms with Crippen molar-refractivity contribution in [3.05, 3.63) is 62.6 Å². The topological polar surface area (TPSA) is 58.2 Å². The molecule has 0 fully saturated rings. The van der Waals surface area contributed by atoms with Gasteiger partial charge in [-0.05, 0) is 42.8 Å². The first-order valence-electron chi connectivity index (χ1n) is 6.66. The summed E-state index contributed by atoms with van der Waals surface area (Å²) < 4.78 is 0. The molecular formula is C16H13Cl3N2O2. The highest BCUT2D eigenvalue weighted by atomic mass is 35.5. The van der Waals surface area contributed by atoms with E-state index in [1.165, 1.54) is 12.1 Å². The molecule has 2 aromatic rings. The van der Waals surface area contributed by atoms with Gasteiger partial charge in [-0.1, -0.05) is 40.9 Å². The number of amides is 2. The predicted molar refractivity (Wildman–Crippen MR) is 93.6 cm³/mol. The van der Waals surface area contributed by atoms with E-state index in [1.807, 2.05) is 6.92 Å². The summed E-state index contributed by atoms with van der Waals surface area (Å²) in [6.07, 6.45) is 0. The number of benzene rings is 2. The van der Waals surface area contributed by atoms with Gasteiger partial charge in [-0.15, -0.1) is 0 Å². The number of halogens is 3. The Bertz CT molecular complexity index is 763. The molecule has 23 heavy (non-hydrogen) atoms. The van der Waals surface area contributed by atoms with E-state index in [0.29, 0.717) is 15.7 Å². The van der Waals surface area contributed by atoms with Crippen LogP contribution < -0.4 is 10.6 Å². The molecule has 0 bridgehead atoms. The van der Waals surface area contributed by atoms with E-state index in [9.17, 15) is 9.59 Å². The zero-order valence-electron chi connectivity index (χ0n) is 12.1. The largest absolute Gasteiger partial charge is 0.343 e. The van der Waals surface area contributed by atoms with E-state index < -0.39 is 5.91 Å². The van der Waals surface area contributed by atoms with Crippen LogP contribution in [0.15, 0.2) is 36.4 Å². The van der Waals surface area contributed by atoms with E-state index in [0.717, 1.165) is 5.56 Å². The molecule has 0 atom stereocenters. The first-order valence-corrected chi connectivity index (χ1v) is 7.79. The molecule has 4 nitrogen and oxygen atoms in total. The van der Waals surface area contributed by atoms with Gasteiger partial charge in [0.15, 0.2) is 0 Å². The number of nitrogens with one attached hydrogen (secondary N) is 2. The van der Waals surface area contributed by atoms with Crippen LogP contribution in [-0.4, -0.2) is 18.4 Å². The van der Waals surface area contributed by atoms with Gasteiger partial charge in [-0.3, -0.25) is 9.59 Å². The zero-order valence-corrected chi connectivity index (χ0v) is 14.4. The fourth-order valence-electron chi connectivity index (χ4n) is 1.81. The number of hydrogen-bond acceptors (Lipinski definition) is 2. The summed E-state index contributed by atoms with van der Waals surface area (Å²) >= 11 is 17.7. The molecule has 0 saturated carbocycles. The SMILES string of the molecule is Cc1ccc(NC(=O)CNC(=O)c2ccc(Cl)cc2Cl)cc1Cl. The van der Waals surface area contributed by atoms with Gasteiger partial charge in [0.2, 0.25) is 5.91 Å². The van der Waals surface area contributed by atoms with Gasteiger partial charge in [0, 0.05) is 15.7 Å². The third-order valence-corrected chi connectivity index (χ3v) is 4.00. The minimum atomic E-state index is -0.455. The summed E-state index contributed by atoms with van der Waals surface area (Å²) in [5.74, 6) is -0.827. The van der Waals surface area contributed by atoms with Crippen molar-refractivity contribution in [1.29, 1.82) is 0 Å². The van der Waals surface area contributed by atoms with Crippen LogP contribution in [0.1, 0.15) is 15.9 Å². The number of carbonyl (C=O) groups is 2. The van der Waals surface area contributed by atoms with Crippen LogP contribution in [-0.2, 0) is 4.79 Å². The maximum atomic E-state index is 12.0. The summed E-state index contributed by atoms with van der Waals surface area (Å²) in [7, 11) is 0. The molecule has 120 valence electrons. The van der Waals surface area contributed by atoms with Gasteiger partial charge in [0.1, 0.15) is 0 Å². The van der Waals surface area contributed by atoms with E-state index in [-0.39, 0.29) is 23.0 Å². The highest BCUT2D eigenvalue weighted by molar-refractivity contribution is 6.36. The molecule has 0 heterocycles. The molecule has 2 N–H and O–H groups in total. The molecule has 0 aliphatic rings. The second-order valence-corrected chi connectivity index (χ2v) is 6.07. The van der Waals surface area contributed by atoms with Crippen molar-refractivity contribution in [1.82, 2.24) is 5.32 Å². The third-order valence-electron chi connectivity index (χ3n) is 3.04. The van der Waals surface area contributed by atoms with E-state index >= 15 is 0 Å². The summed E-state index contributed by atoms with van der Waals surface area (Å²) in [4.78, 5) is 23.9. The summed E-state index contributed by atoms with van der Waals surface area (Å²) in [6.45, 7) is 1.67. The molecule has 0 aliphatic heterocycles. The first kappa shape index (κ1) is 17.6. The first-order chi connectivity index (χ1) is 10.9. The Labute approximate surface area is 148 Å². The Hall–Kier alpha value is -1.75. The second-order valence-electron chi connectivity index (χ2n) is 4.82. The highest BCUT2D eigenvalue weighted by Crippen LogP contribution is 2.21. The average Bonchev–Trinajstić information content (AvgIpc) is 2.48. The van der Waals surface area contributed by atoms with Gasteiger partial charge in [0.05, 0.1) is 17.1 Å². The normalized spacial score (nSPS) is 10.3. The molecule has 7 heteroatoms. The minimum absolute atomic E-state index is 0.191. The Kier molecular flexibility index (Phi) is 5.88. The lowest BCUT2D eigenvalue weighted by Crippen LogP contribution is -2.33. The molecule has 2 amide bonds. The van der Waals surface area contributed by atoms with E-state index in [2.05, 4.69) is 10.6 Å². The molecular weight excluding hydrogens is 359 g/mol. The van der Waals surface area contributed by atoms with Gasteiger partial charge >= 0.3 is 0 Å². The lowest BCUT2D eigenvalue weighted by atomic mass is 10.2. The quantitative estimate of drug-likeness (QED) is 0.840. The Morgan fingerprint density at radius 2 is 1.74 bits per heavy atom. The van der Waals surface area contributed by atoms with E-state index in [1.54, 1.807) is 24.3 Å². The van der Waals surface area contributed by atoms with Gasteiger partial charge < -0.3 is 10.6 Å². The maximum absolute atomic E-state index is 12.0. The van der Waals surface area contributed by atoms with Crippen molar-refractivity contribution >= 4 is 52.3 Å². The maximum Gasteiger partial charge on any atom is 0.253 e. The van der Waals surface area contributed by atoms with Crippen LogP contribution in [0, 0.1) is 6.92 Å². The lowest BCUT2D eigenvalue weighted by Gasteiger charge is -2.09. The summed E-state index contributed by atoms with van der Waals surface area (Å²) in [5.41, 5.74) is 1.72. The van der Waals surface area contributed by atoms with Crippen molar-refractivity contribution in [3.8, 4) is 0 Å². The highest BCUT2D eigenvalue weighted by Gasteiger charge is 2.12. The molecule has 0 saturated heterocycles. The summed E-state index contributed by atoms with van der Waals surface area (Å²) in [6, 6.07) is 9.69. The van der Waals surface area contributed by atoms with Crippen molar-refractivity contribution < 1.29 is 9.59 Å². The van der Waals surface area contributed by atoms with Crippen LogP contribution in [0.25, 0.3) is 0 Å². The molecule has 0 unspecified atom stereocenters. The minimum Gasteiger partial charge on any atom is -0.343 e. The van der Waals surface area contributed by atoms with Crippen LogP contribution in [0.2, 0.25) is 15.1 Å². The molecule has 0 spiro atoms. The molecule has 0 aliphatic carbocycles. The van der Waals surface area contributed by atoms with Gasteiger partial charge in [-0.2, -0.15) is 0 Å². The van der Waals surface area contributed by atoms with Crippen LogP contribution in [0.4, 0.5) is 5.69 Å². The zero-order chi connectivity index (χ0) is 17.0. The molecule has 0 radical (unpaired) electrons. The second kappa shape index (κ2) is 7.68. The van der Waals surface area contributed by atoms with Crippen molar-refractivity contribution in [3.63, 3.8) is 0 Å². The van der Waals surface area contributed by atoms with E-state index in [4.69, 9.17) is 34.8 Å². The van der Waals surface area contributed by atoms with Gasteiger partial charge in [0.25, 0.3) is 5.91 Å². The third kappa shape index (κ3) is 4.86. The van der Waals surface area contributed by atoms with Crippen molar-refractivity contribution in [2.24, 2.45) is 0 Å². The van der Waals surface area contributed by atoms with Crippen LogP contribution in [0.3, 0.4) is 0 Å². The number of hydrogen-bond donors (Lipinski definition) is 2. The smallest absolute Gasteiger partial charge is 0.253 e. The standard InChI is InChI=1S/C16H13Cl3N2O2/c1-9-2-4-11(7-13(9)18)21-15(22)8-20-16(23)12-5-3-10(17)6-14(12)19/h2-7H,8H2,1H3,(H,20,23)(H,21,22). The molecule has 0 aromatic heterocycles. The van der Waals surface area contributed by atoms with Crippen LogP contribution in [0.5, 0.6) is 0 Å². The van der Waals surface area contributed by atoms with Gasteiger partial charge in [-0.25, -0.2) is 0 Å². The Balaban J connectivity index is 1.93. The summed E-state index contributed by atoms with van der Waals surface area (Å²) in [5, 5.41) is 6.35. The Morgan fingerprint density at radius 3 is 2.39 bits per heavy atom. The number of carbonyl (C=O) groups excluding carboxylic acids is 2. The Morgan fingerprint density at radius 1 is 1.00 bits per heavy atom. The average molecular weight is 372 g/mol. The van der Waals surface area contributed by atoms with Crippen molar-refractivity contribution in [2.75, 3.05) is 11.9 Å². The fourth-order valence-corrected chi connectivity index (χ4v) is 2.48. The number of rotatable bonds is 4.